The zero-order valence-electron chi connectivity index (χ0n) is 18.4. The van der Waals surface area contributed by atoms with E-state index in [-0.39, 0.29) is 32.5 Å². The van der Waals surface area contributed by atoms with E-state index in [1.165, 1.54) is 38.4 Å². The molecule has 1 amide bonds. The average molecular weight is 491 g/mol. The van der Waals surface area contributed by atoms with Crippen molar-refractivity contribution in [1.29, 1.82) is 0 Å². The van der Waals surface area contributed by atoms with E-state index < -0.39 is 21.7 Å². The van der Waals surface area contributed by atoms with E-state index in [4.69, 9.17) is 16.3 Å². The summed E-state index contributed by atoms with van der Waals surface area (Å²) in [5.41, 5.74) is 1.67. The first-order chi connectivity index (χ1) is 15.7. The van der Waals surface area contributed by atoms with Crippen molar-refractivity contribution in [2.24, 2.45) is 0 Å². The molecule has 0 spiro atoms. The van der Waals surface area contributed by atoms with Crippen molar-refractivity contribution in [3.8, 4) is 16.9 Å². The molecule has 2 N–H and O–H groups in total. The fourth-order valence-corrected chi connectivity index (χ4v) is 5.13. The minimum absolute atomic E-state index is 0.0307. The van der Waals surface area contributed by atoms with Gasteiger partial charge in [0.2, 0.25) is 0 Å². The molecule has 0 aliphatic carbocycles. The second-order valence-electron chi connectivity index (χ2n) is 7.28. The second-order valence-corrected chi connectivity index (χ2v) is 9.34. The van der Waals surface area contributed by atoms with Crippen LogP contribution in [0.25, 0.3) is 11.1 Å². The van der Waals surface area contributed by atoms with E-state index in [9.17, 15) is 17.6 Å². The summed E-state index contributed by atoms with van der Waals surface area (Å²) in [5.74, 6) is -1.05. The first-order valence-electron chi connectivity index (χ1n) is 10.2. The zero-order valence-corrected chi connectivity index (χ0v) is 20.0. The van der Waals surface area contributed by atoms with Gasteiger partial charge < -0.3 is 10.1 Å². The second kappa shape index (κ2) is 10.2. The lowest BCUT2D eigenvalue weighted by Crippen LogP contribution is -2.20. The molecule has 33 heavy (non-hydrogen) atoms. The highest BCUT2D eigenvalue weighted by atomic mass is 35.5. The van der Waals surface area contributed by atoms with E-state index in [1.54, 1.807) is 24.3 Å². The third kappa shape index (κ3) is 5.29. The number of anilines is 1. The van der Waals surface area contributed by atoms with Crippen LogP contribution in [0.3, 0.4) is 0 Å². The number of benzene rings is 3. The van der Waals surface area contributed by atoms with E-state index in [0.717, 1.165) is 0 Å². The van der Waals surface area contributed by atoms with Crippen molar-refractivity contribution in [3.63, 3.8) is 0 Å². The molecule has 0 saturated carbocycles. The highest BCUT2D eigenvalue weighted by Crippen LogP contribution is 2.36. The Morgan fingerprint density at radius 2 is 1.82 bits per heavy atom. The molecular formula is C24H24ClFN2O4S. The van der Waals surface area contributed by atoms with Gasteiger partial charge in [0, 0.05) is 18.2 Å². The first kappa shape index (κ1) is 24.5. The lowest BCUT2D eigenvalue weighted by atomic mass is 10.00. The number of halogens is 2. The van der Waals surface area contributed by atoms with Crippen LogP contribution in [-0.2, 0) is 16.4 Å². The van der Waals surface area contributed by atoms with Gasteiger partial charge in [0.25, 0.3) is 15.9 Å². The van der Waals surface area contributed by atoms with Crippen LogP contribution in [0.4, 0.5) is 10.1 Å². The summed E-state index contributed by atoms with van der Waals surface area (Å²) in [6.45, 7) is 1.91. The molecule has 3 rings (SSSR count). The minimum Gasteiger partial charge on any atom is -0.494 e. The number of hydrogen-bond donors (Lipinski definition) is 2. The number of amides is 1. The quantitative estimate of drug-likeness (QED) is 0.450. The smallest absolute Gasteiger partial charge is 0.265 e. The standard InChI is InChI=1S/C24H24ClFN2O4S/c1-4-8-16-12-20(26)18(15-9-6-5-7-10-15)14-21(16)28-33(30,31)22-13-17(24(29)27-2)11-19(25)23(22)32-3/h5-7,9-14,28H,4,8H2,1-3H3,(H,27,29). The fraction of sp³-hybridized carbons (Fsp3) is 0.208. The third-order valence-corrected chi connectivity index (χ3v) is 6.69. The monoisotopic (exact) mass is 490 g/mol. The Bertz CT molecular complexity index is 1280. The number of rotatable bonds is 8. The van der Waals surface area contributed by atoms with Gasteiger partial charge in [0.15, 0.2) is 5.75 Å². The van der Waals surface area contributed by atoms with E-state index in [2.05, 4.69) is 10.0 Å². The zero-order chi connectivity index (χ0) is 24.2. The van der Waals surface area contributed by atoms with Crippen LogP contribution < -0.4 is 14.8 Å². The molecule has 0 aromatic heterocycles. The maximum Gasteiger partial charge on any atom is 0.265 e. The molecule has 3 aromatic rings. The van der Waals surface area contributed by atoms with Crippen molar-refractivity contribution in [3.05, 3.63) is 76.6 Å². The van der Waals surface area contributed by atoms with Gasteiger partial charge in [-0.1, -0.05) is 55.3 Å². The normalized spacial score (nSPS) is 11.2. The van der Waals surface area contributed by atoms with Crippen LogP contribution in [-0.4, -0.2) is 28.5 Å². The Kier molecular flexibility index (Phi) is 7.61. The molecule has 0 unspecified atom stereocenters. The van der Waals surface area contributed by atoms with E-state index in [0.29, 0.717) is 24.0 Å². The number of ether oxygens (including phenoxy) is 1. The predicted octanol–water partition coefficient (Wildman–Crippen LogP) is 5.27. The van der Waals surface area contributed by atoms with E-state index in [1.807, 2.05) is 13.0 Å². The molecule has 0 radical (unpaired) electrons. The molecule has 0 heterocycles. The topological polar surface area (TPSA) is 84.5 Å². The Balaban J connectivity index is 2.15. The van der Waals surface area contributed by atoms with Crippen molar-refractivity contribution in [2.75, 3.05) is 18.9 Å². The minimum atomic E-state index is -4.26. The first-order valence-corrected chi connectivity index (χ1v) is 12.1. The Hall–Kier alpha value is -3.10. The molecule has 0 aliphatic heterocycles. The van der Waals surface area contributed by atoms with Crippen LogP contribution in [0.5, 0.6) is 5.75 Å². The number of methoxy groups -OCH3 is 1. The van der Waals surface area contributed by atoms with Crippen molar-refractivity contribution in [2.45, 2.75) is 24.7 Å². The van der Waals surface area contributed by atoms with Gasteiger partial charge in [0.05, 0.1) is 17.8 Å². The van der Waals surface area contributed by atoms with Crippen molar-refractivity contribution >= 4 is 33.2 Å². The molecule has 0 saturated heterocycles. The van der Waals surface area contributed by atoms with E-state index >= 15 is 0 Å². The van der Waals surface area contributed by atoms with Crippen molar-refractivity contribution < 1.29 is 22.3 Å². The summed E-state index contributed by atoms with van der Waals surface area (Å²) in [6.07, 6.45) is 1.14. The molecule has 0 bridgehead atoms. The maximum atomic E-state index is 14.9. The lowest BCUT2D eigenvalue weighted by Gasteiger charge is -2.17. The fourth-order valence-electron chi connectivity index (χ4n) is 3.47. The summed E-state index contributed by atoms with van der Waals surface area (Å²) in [4.78, 5) is 11.8. The van der Waals surface area contributed by atoms with Crippen LogP contribution in [0.2, 0.25) is 5.02 Å². The Morgan fingerprint density at radius 3 is 2.42 bits per heavy atom. The number of nitrogens with one attached hydrogen (secondary N) is 2. The van der Waals surface area contributed by atoms with Crippen LogP contribution >= 0.6 is 11.6 Å². The van der Waals surface area contributed by atoms with Gasteiger partial charge in [-0.3, -0.25) is 9.52 Å². The molecule has 0 aliphatic rings. The predicted molar refractivity (Wildman–Crippen MR) is 128 cm³/mol. The Morgan fingerprint density at radius 1 is 1.12 bits per heavy atom. The molecule has 9 heteroatoms. The number of carbonyl (C=O) groups is 1. The molecular weight excluding hydrogens is 467 g/mol. The Labute approximate surface area is 197 Å². The summed E-state index contributed by atoms with van der Waals surface area (Å²) < 4.78 is 49.5. The summed E-state index contributed by atoms with van der Waals surface area (Å²) in [5, 5.41) is 2.41. The third-order valence-electron chi connectivity index (χ3n) is 5.03. The SMILES string of the molecule is CCCc1cc(F)c(-c2ccccc2)cc1NS(=O)(=O)c1cc(C(=O)NC)cc(Cl)c1OC. The summed E-state index contributed by atoms with van der Waals surface area (Å²) in [7, 11) is -1.55. The number of carbonyl (C=O) groups excluding carboxylic acids is 1. The number of sulfonamides is 1. The van der Waals surface area contributed by atoms with Gasteiger partial charge >= 0.3 is 0 Å². The maximum absolute atomic E-state index is 14.9. The average Bonchev–Trinajstić information content (AvgIpc) is 2.80. The van der Waals surface area contributed by atoms with Gasteiger partial charge in [-0.25, -0.2) is 12.8 Å². The van der Waals surface area contributed by atoms with Crippen LogP contribution in [0.15, 0.2) is 59.5 Å². The summed E-state index contributed by atoms with van der Waals surface area (Å²) >= 11 is 6.20. The molecule has 6 nitrogen and oxygen atoms in total. The van der Waals surface area contributed by atoms with Crippen LogP contribution in [0, 0.1) is 5.82 Å². The highest BCUT2D eigenvalue weighted by Gasteiger charge is 2.26. The lowest BCUT2D eigenvalue weighted by molar-refractivity contribution is 0.0963. The highest BCUT2D eigenvalue weighted by molar-refractivity contribution is 7.92. The number of aryl methyl sites for hydroxylation is 1. The largest absolute Gasteiger partial charge is 0.494 e. The van der Waals surface area contributed by atoms with Gasteiger partial charge in [0.1, 0.15) is 10.7 Å². The summed E-state index contributed by atoms with van der Waals surface area (Å²) in [6, 6.07) is 14.2. The van der Waals surface area contributed by atoms with Crippen molar-refractivity contribution in [1.82, 2.24) is 5.32 Å². The molecule has 0 atom stereocenters. The molecule has 0 fully saturated rings. The molecule has 3 aromatic carbocycles. The molecule has 174 valence electrons. The number of hydrogen-bond acceptors (Lipinski definition) is 4. The van der Waals surface area contributed by atoms with Crippen LogP contribution in [0.1, 0.15) is 29.3 Å². The van der Waals surface area contributed by atoms with Gasteiger partial charge in [-0.05, 0) is 41.8 Å². The van der Waals surface area contributed by atoms with Gasteiger partial charge in [-0.2, -0.15) is 0 Å². The van der Waals surface area contributed by atoms with Gasteiger partial charge in [-0.15, -0.1) is 0 Å².